The molecule has 0 aliphatic rings. The van der Waals surface area contributed by atoms with E-state index in [4.69, 9.17) is 4.74 Å². The van der Waals surface area contributed by atoms with Gasteiger partial charge in [0.15, 0.2) is 0 Å². The molecule has 78 valence electrons. The van der Waals surface area contributed by atoms with Crippen LogP contribution in [-0.4, -0.2) is 14.2 Å². The first-order valence-corrected chi connectivity index (χ1v) is 4.92. The fourth-order valence-electron chi connectivity index (χ4n) is 1.65. The van der Waals surface area contributed by atoms with Gasteiger partial charge in [0, 0.05) is 6.04 Å². The van der Waals surface area contributed by atoms with Crippen LogP contribution in [0.15, 0.2) is 12.1 Å². The summed E-state index contributed by atoms with van der Waals surface area (Å²) in [6.07, 6.45) is 0. The molecule has 0 aliphatic carbocycles. The third-order valence-electron chi connectivity index (χ3n) is 2.68. The summed E-state index contributed by atoms with van der Waals surface area (Å²) >= 11 is 0. The smallest absolute Gasteiger partial charge is 0.122 e. The van der Waals surface area contributed by atoms with Crippen molar-refractivity contribution in [2.75, 3.05) is 14.2 Å². The average Bonchev–Trinajstić information content (AvgIpc) is 2.19. The van der Waals surface area contributed by atoms with Crippen LogP contribution in [0, 0.1) is 13.8 Å². The van der Waals surface area contributed by atoms with Crippen molar-refractivity contribution in [3.05, 3.63) is 28.8 Å². The van der Waals surface area contributed by atoms with Gasteiger partial charge in [-0.3, -0.25) is 0 Å². The first-order valence-electron chi connectivity index (χ1n) is 4.92. The van der Waals surface area contributed by atoms with Gasteiger partial charge in [-0.25, -0.2) is 0 Å². The molecular weight excluding hydrogens is 174 g/mol. The second-order valence-electron chi connectivity index (χ2n) is 3.69. The number of rotatable bonds is 3. The average molecular weight is 193 g/mol. The Morgan fingerprint density at radius 1 is 1.21 bits per heavy atom. The van der Waals surface area contributed by atoms with Crippen molar-refractivity contribution in [1.82, 2.24) is 5.32 Å². The van der Waals surface area contributed by atoms with Crippen LogP contribution in [0.1, 0.15) is 29.7 Å². The van der Waals surface area contributed by atoms with E-state index in [9.17, 15) is 0 Å². The summed E-state index contributed by atoms with van der Waals surface area (Å²) in [4.78, 5) is 0. The number of benzene rings is 1. The minimum absolute atomic E-state index is 0.389. The number of aryl methyl sites for hydroxylation is 2. The van der Waals surface area contributed by atoms with Crippen LogP contribution in [0.25, 0.3) is 0 Å². The van der Waals surface area contributed by atoms with Crippen molar-refractivity contribution in [3.63, 3.8) is 0 Å². The van der Waals surface area contributed by atoms with Crippen molar-refractivity contribution < 1.29 is 4.74 Å². The summed E-state index contributed by atoms with van der Waals surface area (Å²) in [7, 11) is 3.69. The molecule has 1 aromatic rings. The first kappa shape index (κ1) is 11.1. The van der Waals surface area contributed by atoms with Crippen LogP contribution in [0.2, 0.25) is 0 Å². The highest BCUT2D eigenvalue weighted by Gasteiger charge is 2.09. The molecule has 0 saturated carbocycles. The van der Waals surface area contributed by atoms with Crippen molar-refractivity contribution in [1.29, 1.82) is 0 Å². The fraction of sp³-hybridized carbons (Fsp3) is 0.500. The molecule has 1 rings (SSSR count). The molecule has 14 heavy (non-hydrogen) atoms. The van der Waals surface area contributed by atoms with Gasteiger partial charge < -0.3 is 10.1 Å². The molecule has 1 atom stereocenters. The van der Waals surface area contributed by atoms with Gasteiger partial charge in [-0.1, -0.05) is 6.07 Å². The van der Waals surface area contributed by atoms with Gasteiger partial charge in [-0.05, 0) is 50.6 Å². The van der Waals surface area contributed by atoms with E-state index in [1.807, 2.05) is 7.05 Å². The van der Waals surface area contributed by atoms with Crippen LogP contribution in [0.4, 0.5) is 0 Å². The van der Waals surface area contributed by atoms with Crippen molar-refractivity contribution in [2.45, 2.75) is 26.8 Å². The maximum atomic E-state index is 5.27. The Morgan fingerprint density at radius 2 is 1.86 bits per heavy atom. The van der Waals surface area contributed by atoms with Gasteiger partial charge in [0.2, 0.25) is 0 Å². The number of methoxy groups -OCH3 is 1. The molecule has 1 N–H and O–H groups in total. The van der Waals surface area contributed by atoms with E-state index in [0.29, 0.717) is 6.04 Å². The molecule has 0 aromatic heterocycles. The van der Waals surface area contributed by atoms with Crippen LogP contribution in [0.3, 0.4) is 0 Å². The number of hydrogen-bond acceptors (Lipinski definition) is 2. The summed E-state index contributed by atoms with van der Waals surface area (Å²) in [5.41, 5.74) is 3.80. The van der Waals surface area contributed by atoms with E-state index in [2.05, 4.69) is 38.2 Å². The lowest BCUT2D eigenvalue weighted by atomic mass is 9.99. The van der Waals surface area contributed by atoms with Gasteiger partial charge in [0.1, 0.15) is 5.75 Å². The molecule has 0 fully saturated rings. The van der Waals surface area contributed by atoms with Gasteiger partial charge in [-0.15, -0.1) is 0 Å². The third kappa shape index (κ3) is 2.07. The van der Waals surface area contributed by atoms with E-state index in [0.717, 1.165) is 5.75 Å². The lowest BCUT2D eigenvalue weighted by molar-refractivity contribution is 0.411. The molecule has 0 unspecified atom stereocenters. The van der Waals surface area contributed by atoms with E-state index in [1.54, 1.807) is 7.11 Å². The fourth-order valence-corrected chi connectivity index (χ4v) is 1.65. The second kappa shape index (κ2) is 4.47. The second-order valence-corrected chi connectivity index (χ2v) is 3.69. The molecule has 2 nitrogen and oxygen atoms in total. The molecule has 0 heterocycles. The van der Waals surface area contributed by atoms with Gasteiger partial charge in [-0.2, -0.15) is 0 Å². The predicted octanol–water partition coefficient (Wildman–Crippen LogP) is 2.59. The summed E-state index contributed by atoms with van der Waals surface area (Å²) in [5, 5.41) is 3.25. The number of ether oxygens (including phenoxy) is 1. The highest BCUT2D eigenvalue weighted by Crippen LogP contribution is 2.26. The quantitative estimate of drug-likeness (QED) is 0.796. The molecule has 0 bridgehead atoms. The molecule has 0 radical (unpaired) electrons. The van der Waals surface area contributed by atoms with Gasteiger partial charge in [0.05, 0.1) is 7.11 Å². The topological polar surface area (TPSA) is 21.3 Å². The van der Waals surface area contributed by atoms with Crippen LogP contribution >= 0.6 is 0 Å². The van der Waals surface area contributed by atoms with E-state index < -0.39 is 0 Å². The largest absolute Gasteiger partial charge is 0.496 e. The Bertz CT molecular complexity index is 320. The third-order valence-corrected chi connectivity index (χ3v) is 2.68. The molecular formula is C12H19NO. The summed E-state index contributed by atoms with van der Waals surface area (Å²) in [6.45, 7) is 6.35. The van der Waals surface area contributed by atoms with Crippen molar-refractivity contribution in [2.24, 2.45) is 0 Å². The van der Waals surface area contributed by atoms with Gasteiger partial charge in [0.25, 0.3) is 0 Å². The zero-order valence-electron chi connectivity index (χ0n) is 9.64. The highest BCUT2D eigenvalue weighted by molar-refractivity contribution is 5.42. The summed E-state index contributed by atoms with van der Waals surface area (Å²) < 4.78 is 5.27. The SMILES string of the molecule is CN[C@H](C)c1cc(C)c(OC)cc1C. The molecule has 2 heteroatoms. The Hall–Kier alpha value is -1.02. The Kier molecular flexibility index (Phi) is 3.53. The first-order chi connectivity index (χ1) is 6.60. The number of nitrogens with one attached hydrogen (secondary N) is 1. The molecule has 0 amide bonds. The minimum atomic E-state index is 0.389. The number of hydrogen-bond donors (Lipinski definition) is 1. The van der Waals surface area contributed by atoms with E-state index in [-0.39, 0.29) is 0 Å². The normalized spacial score (nSPS) is 12.6. The van der Waals surface area contributed by atoms with E-state index >= 15 is 0 Å². The summed E-state index contributed by atoms with van der Waals surface area (Å²) in [6, 6.07) is 4.67. The van der Waals surface area contributed by atoms with E-state index in [1.165, 1.54) is 16.7 Å². The molecule has 0 spiro atoms. The minimum Gasteiger partial charge on any atom is -0.496 e. The lowest BCUT2D eigenvalue weighted by Gasteiger charge is -2.16. The molecule has 0 aliphatic heterocycles. The predicted molar refractivity (Wildman–Crippen MR) is 59.9 cm³/mol. The Balaban J connectivity index is 3.14. The maximum absolute atomic E-state index is 5.27. The van der Waals surface area contributed by atoms with Crippen LogP contribution < -0.4 is 10.1 Å². The van der Waals surface area contributed by atoms with Crippen LogP contribution in [-0.2, 0) is 0 Å². The lowest BCUT2D eigenvalue weighted by Crippen LogP contribution is -2.13. The standard InChI is InChI=1S/C12H19NO/c1-8-7-12(14-5)9(2)6-11(8)10(3)13-4/h6-7,10,13H,1-5H3/t10-/m1/s1. The Morgan fingerprint density at radius 3 is 2.36 bits per heavy atom. The van der Waals surface area contributed by atoms with Crippen molar-refractivity contribution in [3.8, 4) is 5.75 Å². The zero-order chi connectivity index (χ0) is 10.7. The Labute approximate surface area is 86.3 Å². The monoisotopic (exact) mass is 193 g/mol. The van der Waals surface area contributed by atoms with Gasteiger partial charge >= 0.3 is 0 Å². The zero-order valence-corrected chi connectivity index (χ0v) is 9.64. The van der Waals surface area contributed by atoms with Crippen LogP contribution in [0.5, 0.6) is 5.75 Å². The molecule has 1 aromatic carbocycles. The van der Waals surface area contributed by atoms with Crippen molar-refractivity contribution >= 4 is 0 Å². The summed E-state index contributed by atoms with van der Waals surface area (Å²) in [5.74, 6) is 0.967. The molecule has 0 saturated heterocycles. The highest BCUT2D eigenvalue weighted by atomic mass is 16.5. The maximum Gasteiger partial charge on any atom is 0.122 e.